The van der Waals surface area contributed by atoms with E-state index in [1.807, 2.05) is 0 Å². The zero-order chi connectivity index (χ0) is 15.2. The predicted molar refractivity (Wildman–Crippen MR) is 73.6 cm³/mol. The summed E-state index contributed by atoms with van der Waals surface area (Å²) >= 11 is 0. The van der Waals surface area contributed by atoms with Gasteiger partial charge in [-0.15, -0.1) is 6.42 Å². The first-order valence-corrected chi connectivity index (χ1v) is 6.64. The summed E-state index contributed by atoms with van der Waals surface area (Å²) in [5.74, 6) is -0.531. The number of benzene rings is 1. The second-order valence-corrected chi connectivity index (χ2v) is 4.81. The van der Waals surface area contributed by atoms with E-state index in [-0.39, 0.29) is 6.54 Å². The van der Waals surface area contributed by atoms with Crippen molar-refractivity contribution in [1.29, 1.82) is 0 Å². The number of carbonyl (C=O) groups is 1. The van der Waals surface area contributed by atoms with Gasteiger partial charge in [0.15, 0.2) is 24.0 Å². The molecule has 1 aliphatic carbocycles. The summed E-state index contributed by atoms with van der Waals surface area (Å²) in [4.78, 5) is 11.3. The lowest BCUT2D eigenvalue weighted by Gasteiger charge is -2.10. The number of ether oxygens (including phenoxy) is 1. The Morgan fingerprint density at radius 1 is 1.38 bits per heavy atom. The predicted octanol–water partition coefficient (Wildman–Crippen LogP) is 1.34. The maximum absolute atomic E-state index is 13.8. The van der Waals surface area contributed by atoms with Gasteiger partial charge in [0.25, 0.3) is 5.91 Å². The van der Waals surface area contributed by atoms with Crippen LogP contribution < -0.4 is 15.4 Å². The lowest BCUT2D eigenvalue weighted by molar-refractivity contribution is -0.122. The highest BCUT2D eigenvalue weighted by Gasteiger charge is 2.21. The number of halogens is 2. The molecule has 1 aromatic carbocycles. The molecule has 1 saturated carbocycles. The van der Waals surface area contributed by atoms with Gasteiger partial charge in [0.2, 0.25) is 0 Å². The van der Waals surface area contributed by atoms with Crippen LogP contribution in [0.3, 0.4) is 0 Å². The quantitative estimate of drug-likeness (QED) is 0.746. The van der Waals surface area contributed by atoms with E-state index in [0.29, 0.717) is 18.2 Å². The maximum Gasteiger partial charge on any atom is 0.258 e. The highest BCUT2D eigenvalue weighted by atomic mass is 19.1. The van der Waals surface area contributed by atoms with Crippen LogP contribution in [0, 0.1) is 24.0 Å². The average Bonchev–Trinajstić information content (AvgIpc) is 3.26. The van der Waals surface area contributed by atoms with Crippen LogP contribution in [0.25, 0.3) is 0 Å². The summed E-state index contributed by atoms with van der Waals surface area (Å²) in [5.41, 5.74) is 0.501. The Labute approximate surface area is 121 Å². The largest absolute Gasteiger partial charge is 0.478 e. The fraction of sp³-hybridized carbons (Fsp3) is 0.400. The molecule has 1 fully saturated rings. The topological polar surface area (TPSA) is 50.4 Å². The molecule has 0 atom stereocenters. The number of hydrogen-bond acceptors (Lipinski definition) is 3. The molecular formula is C15H16F2N2O2. The van der Waals surface area contributed by atoms with Crippen LogP contribution in [0.2, 0.25) is 0 Å². The number of terminal acetylenes is 1. The van der Waals surface area contributed by atoms with E-state index in [1.165, 1.54) is 12.1 Å². The van der Waals surface area contributed by atoms with Crippen molar-refractivity contribution in [2.75, 3.05) is 13.2 Å². The molecule has 0 spiro atoms. The van der Waals surface area contributed by atoms with Gasteiger partial charge in [-0.05, 0) is 30.5 Å². The Morgan fingerprint density at radius 3 is 2.62 bits per heavy atom. The average molecular weight is 294 g/mol. The molecule has 1 aromatic rings. The smallest absolute Gasteiger partial charge is 0.258 e. The van der Waals surface area contributed by atoms with Crippen LogP contribution in [-0.4, -0.2) is 25.1 Å². The monoisotopic (exact) mass is 294 g/mol. The van der Waals surface area contributed by atoms with Crippen LogP contribution in [0.15, 0.2) is 12.1 Å². The molecule has 0 heterocycles. The van der Waals surface area contributed by atoms with Gasteiger partial charge in [0.1, 0.15) is 0 Å². The molecule has 2 N–H and O–H groups in total. The summed E-state index contributed by atoms with van der Waals surface area (Å²) in [5, 5.41) is 5.50. The summed E-state index contributed by atoms with van der Waals surface area (Å²) < 4.78 is 32.5. The van der Waals surface area contributed by atoms with Crippen molar-refractivity contribution in [2.24, 2.45) is 0 Å². The number of rotatable bonds is 7. The molecule has 0 unspecified atom stereocenters. The minimum Gasteiger partial charge on any atom is -0.478 e. The molecule has 112 valence electrons. The van der Waals surface area contributed by atoms with Crippen molar-refractivity contribution in [3.8, 4) is 18.1 Å². The van der Waals surface area contributed by atoms with Crippen molar-refractivity contribution in [2.45, 2.75) is 25.4 Å². The molecular weight excluding hydrogens is 278 g/mol. The highest BCUT2D eigenvalue weighted by molar-refractivity contribution is 5.77. The van der Waals surface area contributed by atoms with Crippen molar-refractivity contribution < 1.29 is 18.3 Å². The highest BCUT2D eigenvalue weighted by Crippen LogP contribution is 2.24. The second kappa shape index (κ2) is 7.04. The zero-order valence-electron chi connectivity index (χ0n) is 11.4. The van der Waals surface area contributed by atoms with E-state index in [2.05, 4.69) is 16.6 Å². The van der Waals surface area contributed by atoms with E-state index < -0.39 is 29.9 Å². The first kappa shape index (κ1) is 15.3. The van der Waals surface area contributed by atoms with Crippen LogP contribution in [0.1, 0.15) is 18.4 Å². The van der Waals surface area contributed by atoms with Gasteiger partial charge in [-0.2, -0.15) is 0 Å². The Morgan fingerprint density at radius 2 is 2.05 bits per heavy atom. The van der Waals surface area contributed by atoms with Crippen LogP contribution in [0.5, 0.6) is 5.75 Å². The Balaban J connectivity index is 1.92. The first-order chi connectivity index (χ1) is 10.1. The van der Waals surface area contributed by atoms with E-state index in [1.54, 1.807) is 0 Å². The molecule has 21 heavy (non-hydrogen) atoms. The van der Waals surface area contributed by atoms with Gasteiger partial charge in [0, 0.05) is 12.6 Å². The summed E-state index contributed by atoms with van der Waals surface area (Å²) in [6.45, 7) is -0.0461. The van der Waals surface area contributed by atoms with Crippen LogP contribution >= 0.6 is 0 Å². The Bertz CT molecular complexity index is 542. The number of hydrogen-bond donors (Lipinski definition) is 2. The molecule has 1 aliphatic rings. The third-order valence-electron chi connectivity index (χ3n) is 2.97. The molecule has 0 radical (unpaired) electrons. The first-order valence-electron chi connectivity index (χ1n) is 6.64. The van der Waals surface area contributed by atoms with Crippen LogP contribution in [-0.2, 0) is 11.3 Å². The third-order valence-corrected chi connectivity index (χ3v) is 2.97. The van der Waals surface area contributed by atoms with Crippen molar-refractivity contribution >= 4 is 5.91 Å². The molecule has 2 rings (SSSR count). The molecule has 0 aromatic heterocycles. The number of nitrogens with one attached hydrogen (secondary N) is 2. The molecule has 6 heteroatoms. The van der Waals surface area contributed by atoms with E-state index in [0.717, 1.165) is 12.8 Å². The van der Waals surface area contributed by atoms with Gasteiger partial charge in [-0.25, -0.2) is 8.78 Å². The van der Waals surface area contributed by atoms with Crippen molar-refractivity contribution in [3.05, 3.63) is 29.3 Å². The number of amides is 1. The Hall–Kier alpha value is -2.13. The van der Waals surface area contributed by atoms with Crippen molar-refractivity contribution in [1.82, 2.24) is 10.6 Å². The summed E-state index contributed by atoms with van der Waals surface area (Å²) in [6.07, 6.45) is 7.16. The third kappa shape index (κ3) is 4.72. The van der Waals surface area contributed by atoms with Crippen LogP contribution in [0.4, 0.5) is 8.78 Å². The fourth-order valence-electron chi connectivity index (χ4n) is 1.74. The molecule has 0 aliphatic heterocycles. The number of carbonyl (C=O) groups excluding carboxylic acids is 1. The van der Waals surface area contributed by atoms with Crippen molar-refractivity contribution in [3.63, 3.8) is 0 Å². The SMILES string of the molecule is C#CCNC(=O)COc1c(F)cc(CNC2CC2)cc1F. The van der Waals surface area contributed by atoms with Gasteiger partial charge in [-0.3, -0.25) is 4.79 Å². The van der Waals surface area contributed by atoms with Gasteiger partial charge < -0.3 is 15.4 Å². The maximum atomic E-state index is 13.8. The summed E-state index contributed by atoms with van der Waals surface area (Å²) in [6, 6.07) is 2.85. The molecule has 1 amide bonds. The normalized spacial score (nSPS) is 13.6. The van der Waals surface area contributed by atoms with E-state index >= 15 is 0 Å². The van der Waals surface area contributed by atoms with Gasteiger partial charge in [-0.1, -0.05) is 5.92 Å². The standard InChI is InChI=1S/C15H16F2N2O2/c1-2-5-18-14(20)9-21-15-12(16)6-10(7-13(15)17)8-19-11-3-4-11/h1,6-7,11,19H,3-5,8-9H2,(H,18,20). The van der Waals surface area contributed by atoms with E-state index in [9.17, 15) is 13.6 Å². The lowest BCUT2D eigenvalue weighted by atomic mass is 10.2. The molecule has 0 bridgehead atoms. The minimum absolute atomic E-state index is 0.0406. The Kier molecular flexibility index (Phi) is 5.12. The second-order valence-electron chi connectivity index (χ2n) is 4.81. The fourth-order valence-corrected chi connectivity index (χ4v) is 1.74. The minimum atomic E-state index is -0.827. The zero-order valence-corrected chi connectivity index (χ0v) is 11.4. The summed E-state index contributed by atoms with van der Waals surface area (Å²) in [7, 11) is 0. The molecule has 0 saturated heterocycles. The van der Waals surface area contributed by atoms with Gasteiger partial charge in [0.05, 0.1) is 6.54 Å². The van der Waals surface area contributed by atoms with Gasteiger partial charge >= 0.3 is 0 Å². The lowest BCUT2D eigenvalue weighted by Crippen LogP contribution is -2.29. The molecule has 4 nitrogen and oxygen atoms in total. The van der Waals surface area contributed by atoms with E-state index in [4.69, 9.17) is 11.2 Å².